The second-order valence-corrected chi connectivity index (χ2v) is 3.21. The predicted molar refractivity (Wildman–Crippen MR) is 42.6 cm³/mol. The molecule has 69 valence electrons. The van der Waals surface area contributed by atoms with E-state index in [1.165, 1.54) is 0 Å². The van der Waals surface area contributed by atoms with E-state index in [1.807, 2.05) is 0 Å². The Morgan fingerprint density at radius 1 is 1.46 bits per heavy atom. The maximum absolute atomic E-state index is 10.7. The Morgan fingerprint density at radius 3 is 2.54 bits per heavy atom. The van der Waals surface area contributed by atoms with Gasteiger partial charge in [0.15, 0.2) is 10.6 Å². The Morgan fingerprint density at radius 2 is 2.08 bits per heavy atom. The van der Waals surface area contributed by atoms with E-state index in [9.17, 15) is 23.6 Å². The summed E-state index contributed by atoms with van der Waals surface area (Å²) in [5, 5.41) is 21.0. The van der Waals surface area contributed by atoms with Crippen molar-refractivity contribution in [2.45, 2.75) is 6.04 Å². The van der Waals surface area contributed by atoms with Crippen LogP contribution in [0.1, 0.15) is 0 Å². The molecule has 0 aromatic heterocycles. The summed E-state index contributed by atoms with van der Waals surface area (Å²) in [5.41, 5.74) is 0. The third-order valence-electron chi connectivity index (χ3n) is 1.44. The molecule has 0 spiro atoms. The molecular weight excluding hydrogens is 198 g/mol. The molecule has 1 aliphatic carbocycles. The van der Waals surface area contributed by atoms with Crippen molar-refractivity contribution in [1.29, 1.82) is 0 Å². The second-order valence-electron chi connectivity index (χ2n) is 2.27. The van der Waals surface area contributed by atoms with Crippen molar-refractivity contribution in [2.75, 3.05) is 0 Å². The van der Waals surface area contributed by atoms with Crippen molar-refractivity contribution in [3.05, 3.63) is 34.1 Å². The van der Waals surface area contributed by atoms with E-state index >= 15 is 0 Å². The maximum atomic E-state index is 10.7. The van der Waals surface area contributed by atoms with Gasteiger partial charge < -0.3 is 0 Å². The van der Waals surface area contributed by atoms with Crippen LogP contribution in [0.2, 0.25) is 0 Å². The topological polar surface area (TPSA) is 97.2 Å². The van der Waals surface area contributed by atoms with E-state index in [-0.39, 0.29) is 0 Å². The molecule has 1 atom stereocenters. The summed E-state index contributed by atoms with van der Waals surface area (Å²) >= 11 is 0. The van der Waals surface area contributed by atoms with E-state index in [0.717, 1.165) is 18.2 Å². The zero-order valence-corrected chi connectivity index (χ0v) is 7.02. The molecule has 1 rings (SSSR count). The van der Waals surface area contributed by atoms with Crippen LogP contribution in [0, 0.1) is 10.1 Å². The molecule has 0 fully saturated rings. The maximum Gasteiger partial charge on any atom is 0.271 e. The highest BCUT2D eigenvalue weighted by atomic mass is 32.2. The Labute approximate surface area is 74.5 Å². The first kappa shape index (κ1) is 9.46. The smallest absolute Gasteiger partial charge is 0.271 e. The third kappa shape index (κ3) is 1.94. The van der Waals surface area contributed by atoms with Crippen molar-refractivity contribution in [3.63, 3.8) is 0 Å². The molecule has 1 unspecified atom stereocenters. The molecular formula is C6H4NO5S. The standard InChI is InChI=1S/C6H4NO5S/c8-4-1-2-5(7(9)10)6(3-4)13(11)12/h1-3,5H. The van der Waals surface area contributed by atoms with Crippen LogP contribution in [0.4, 0.5) is 0 Å². The third-order valence-corrected chi connectivity index (χ3v) is 2.18. The molecule has 0 amide bonds. The van der Waals surface area contributed by atoms with Gasteiger partial charge in [0.1, 0.15) is 0 Å². The van der Waals surface area contributed by atoms with Crippen LogP contribution in [-0.4, -0.2) is 24.2 Å². The molecule has 0 aromatic rings. The van der Waals surface area contributed by atoms with Crippen LogP contribution >= 0.6 is 0 Å². The Hall–Kier alpha value is -1.63. The molecule has 0 heterocycles. The lowest BCUT2D eigenvalue weighted by Gasteiger charge is -2.04. The summed E-state index contributed by atoms with van der Waals surface area (Å²) in [6.45, 7) is 0. The number of hydrogen-bond acceptors (Lipinski definition) is 4. The molecule has 0 N–H and O–H groups in total. The van der Waals surface area contributed by atoms with Gasteiger partial charge in [-0.25, -0.2) is 0 Å². The van der Waals surface area contributed by atoms with Gasteiger partial charge in [-0.1, -0.05) is 0 Å². The molecule has 0 saturated carbocycles. The summed E-state index contributed by atoms with van der Waals surface area (Å²) in [4.78, 5) is 9.03. The minimum absolute atomic E-state index is 0.502. The van der Waals surface area contributed by atoms with E-state index in [1.54, 1.807) is 0 Å². The number of nitro groups is 1. The fraction of sp³-hybridized carbons (Fsp3) is 0.167. The summed E-state index contributed by atoms with van der Waals surface area (Å²) < 4.78 is 20.9. The monoisotopic (exact) mass is 202 g/mol. The average Bonchev–Trinajstić information content (AvgIpc) is 2.03. The van der Waals surface area contributed by atoms with Crippen LogP contribution in [0.5, 0.6) is 0 Å². The summed E-state index contributed by atoms with van der Waals surface area (Å²) in [5.74, 6) is -0.558. The number of rotatable bonds is 1. The van der Waals surface area contributed by atoms with Crippen molar-refractivity contribution < 1.29 is 18.4 Å². The summed E-state index contributed by atoms with van der Waals surface area (Å²) in [7, 11) is -2.73. The molecule has 6 nitrogen and oxygen atoms in total. The largest absolute Gasteiger partial charge is 0.290 e. The molecule has 1 radical (unpaired) electrons. The van der Waals surface area contributed by atoms with Crippen LogP contribution in [0.15, 0.2) is 24.0 Å². The van der Waals surface area contributed by atoms with Crippen LogP contribution in [-0.2, 0) is 15.4 Å². The molecule has 1 aliphatic rings. The number of allylic oxidation sites excluding steroid dienone is 1. The van der Waals surface area contributed by atoms with E-state index in [2.05, 4.69) is 0 Å². The van der Waals surface area contributed by atoms with E-state index in [0.29, 0.717) is 0 Å². The van der Waals surface area contributed by atoms with Gasteiger partial charge in [0, 0.05) is 11.0 Å². The quantitative estimate of drug-likeness (QED) is 0.327. The van der Waals surface area contributed by atoms with Crippen LogP contribution in [0.25, 0.3) is 0 Å². The van der Waals surface area contributed by atoms with Gasteiger partial charge >= 0.3 is 0 Å². The number of hydrogen-bond donors (Lipinski definition) is 0. The van der Waals surface area contributed by atoms with Crippen molar-refractivity contribution in [2.24, 2.45) is 0 Å². The first-order valence-corrected chi connectivity index (χ1v) is 4.26. The molecule has 0 saturated heterocycles. The lowest BCUT2D eigenvalue weighted by molar-refractivity contribution is -0.489. The highest BCUT2D eigenvalue weighted by molar-refractivity contribution is 7.73. The first-order chi connectivity index (χ1) is 6.02. The highest BCUT2D eigenvalue weighted by Gasteiger charge is 2.27. The Balaban J connectivity index is 3.26. The zero-order chi connectivity index (χ0) is 10.0. The minimum atomic E-state index is -2.73. The average molecular weight is 202 g/mol. The zero-order valence-electron chi connectivity index (χ0n) is 6.21. The van der Waals surface area contributed by atoms with E-state index in [4.69, 9.17) is 0 Å². The predicted octanol–water partition coefficient (Wildman–Crippen LogP) is -0.433. The molecule has 0 bridgehead atoms. The molecule has 0 aromatic carbocycles. The fourth-order valence-corrected chi connectivity index (χ4v) is 1.45. The van der Waals surface area contributed by atoms with E-state index < -0.39 is 31.9 Å². The SMILES string of the molecule is [O]C1=CC(=S(=O)=O)C([N+](=O)[O-])C=C1. The second kappa shape index (κ2) is 3.40. The van der Waals surface area contributed by atoms with Crippen LogP contribution in [0.3, 0.4) is 0 Å². The molecule has 7 heteroatoms. The lowest BCUT2D eigenvalue weighted by Crippen LogP contribution is -2.28. The van der Waals surface area contributed by atoms with Gasteiger partial charge in [0.2, 0.25) is 10.3 Å². The Kier molecular flexibility index (Phi) is 2.47. The minimum Gasteiger partial charge on any atom is -0.290 e. The fourth-order valence-electron chi connectivity index (χ4n) is 0.875. The molecule has 0 aliphatic heterocycles. The Bertz CT molecular complexity index is 422. The first-order valence-electron chi connectivity index (χ1n) is 3.19. The van der Waals surface area contributed by atoms with Crippen molar-refractivity contribution in [3.8, 4) is 0 Å². The lowest BCUT2D eigenvalue weighted by atomic mass is 10.1. The van der Waals surface area contributed by atoms with Gasteiger partial charge in [-0.15, -0.1) is 0 Å². The van der Waals surface area contributed by atoms with Crippen molar-refractivity contribution >= 4 is 15.2 Å². The van der Waals surface area contributed by atoms with Gasteiger partial charge in [0.05, 0.1) is 0 Å². The summed E-state index contributed by atoms with van der Waals surface area (Å²) in [6.07, 6.45) is 2.67. The van der Waals surface area contributed by atoms with Gasteiger partial charge in [-0.3, -0.25) is 15.2 Å². The van der Waals surface area contributed by atoms with Gasteiger partial charge in [-0.2, -0.15) is 8.42 Å². The van der Waals surface area contributed by atoms with Gasteiger partial charge in [-0.05, 0) is 12.2 Å². The van der Waals surface area contributed by atoms with Gasteiger partial charge in [0.25, 0.3) is 6.04 Å². The van der Waals surface area contributed by atoms with Crippen LogP contribution < -0.4 is 0 Å². The normalized spacial score (nSPS) is 21.1. The molecule has 13 heavy (non-hydrogen) atoms. The highest BCUT2D eigenvalue weighted by Crippen LogP contribution is 2.08. The van der Waals surface area contributed by atoms with Crippen molar-refractivity contribution in [1.82, 2.24) is 0 Å². The summed E-state index contributed by atoms with van der Waals surface area (Å²) in [6, 6.07) is -1.43. The number of nitrogens with zero attached hydrogens (tertiary/aromatic N) is 1.